The van der Waals surface area contributed by atoms with E-state index in [0.29, 0.717) is 17.7 Å². The molecule has 3 rings (SSSR count). The second-order valence-electron chi connectivity index (χ2n) is 9.58. The molecule has 0 spiro atoms. The number of nitrogens with zero attached hydrogens (tertiary/aromatic N) is 2. The van der Waals surface area contributed by atoms with Crippen LogP contribution >= 0.6 is 0 Å². The predicted molar refractivity (Wildman–Crippen MR) is 151 cm³/mol. The molecule has 0 bridgehead atoms. The number of nitrogens with one attached hydrogen (secondary N) is 1. The van der Waals surface area contributed by atoms with E-state index in [9.17, 15) is 22.4 Å². The molecule has 0 aliphatic heterocycles. The van der Waals surface area contributed by atoms with Gasteiger partial charge in [-0.2, -0.15) is 0 Å². The summed E-state index contributed by atoms with van der Waals surface area (Å²) in [6.07, 6.45) is 1.08. The van der Waals surface area contributed by atoms with E-state index in [1.165, 1.54) is 29.2 Å². The number of carbonyl (C=O) groups is 2. The molecule has 0 aromatic heterocycles. The molecule has 0 radical (unpaired) electrons. The monoisotopic (exact) mass is 553 g/mol. The van der Waals surface area contributed by atoms with Crippen LogP contribution in [0.4, 0.5) is 10.1 Å². The number of halogens is 1. The van der Waals surface area contributed by atoms with Crippen molar-refractivity contribution >= 4 is 27.5 Å². The maximum atomic E-state index is 14.0. The average Bonchev–Trinajstić information content (AvgIpc) is 2.92. The fourth-order valence-corrected chi connectivity index (χ4v) is 5.67. The Balaban J connectivity index is 2.05. The van der Waals surface area contributed by atoms with Gasteiger partial charge < -0.3 is 10.2 Å². The molecule has 2 amide bonds. The number of benzene rings is 3. The van der Waals surface area contributed by atoms with Gasteiger partial charge in [0.1, 0.15) is 18.4 Å². The van der Waals surface area contributed by atoms with Crippen molar-refractivity contribution in [3.05, 3.63) is 95.8 Å². The summed E-state index contributed by atoms with van der Waals surface area (Å²) in [7, 11) is -4.12. The number of carbonyl (C=O) groups excluding carboxylic acids is 2. The van der Waals surface area contributed by atoms with Gasteiger partial charge in [0.25, 0.3) is 10.0 Å². The van der Waals surface area contributed by atoms with Gasteiger partial charge in [-0.25, -0.2) is 12.8 Å². The van der Waals surface area contributed by atoms with E-state index in [1.807, 2.05) is 32.9 Å². The fourth-order valence-electron chi connectivity index (χ4n) is 4.23. The van der Waals surface area contributed by atoms with Crippen LogP contribution in [-0.4, -0.2) is 43.8 Å². The van der Waals surface area contributed by atoms with Gasteiger partial charge >= 0.3 is 0 Å². The van der Waals surface area contributed by atoms with Gasteiger partial charge in [-0.1, -0.05) is 56.3 Å². The minimum absolute atomic E-state index is 0.0110. The van der Waals surface area contributed by atoms with Gasteiger partial charge in [-0.05, 0) is 74.2 Å². The Morgan fingerprint density at radius 1 is 0.872 bits per heavy atom. The van der Waals surface area contributed by atoms with Crippen LogP contribution in [0, 0.1) is 5.82 Å². The Kier molecular flexibility index (Phi) is 10.2. The molecule has 7 nitrogen and oxygen atoms in total. The summed E-state index contributed by atoms with van der Waals surface area (Å²) in [6, 6.07) is 19.6. The lowest BCUT2D eigenvalue weighted by molar-refractivity contribution is -0.140. The van der Waals surface area contributed by atoms with E-state index < -0.39 is 34.3 Å². The Morgan fingerprint density at radius 2 is 1.46 bits per heavy atom. The Bertz CT molecular complexity index is 1350. The van der Waals surface area contributed by atoms with Crippen molar-refractivity contribution in [1.29, 1.82) is 0 Å². The number of rotatable bonds is 12. The van der Waals surface area contributed by atoms with Crippen molar-refractivity contribution in [3.8, 4) is 0 Å². The third-order valence-electron chi connectivity index (χ3n) is 6.33. The molecule has 0 saturated carbocycles. The Morgan fingerprint density at radius 3 is 2.00 bits per heavy atom. The first kappa shape index (κ1) is 29.8. The molecular weight excluding hydrogens is 517 g/mol. The van der Waals surface area contributed by atoms with Crippen LogP contribution in [-0.2, 0) is 32.6 Å². The van der Waals surface area contributed by atoms with Gasteiger partial charge in [0, 0.05) is 12.6 Å². The lowest BCUT2D eigenvalue weighted by Crippen LogP contribution is -2.53. The van der Waals surface area contributed by atoms with Gasteiger partial charge in [-0.15, -0.1) is 0 Å². The Labute approximate surface area is 230 Å². The van der Waals surface area contributed by atoms with Gasteiger partial charge in [0.05, 0.1) is 10.6 Å². The van der Waals surface area contributed by atoms with Crippen LogP contribution in [0.3, 0.4) is 0 Å². The summed E-state index contributed by atoms with van der Waals surface area (Å²) in [5, 5.41) is 2.85. The molecule has 3 aromatic rings. The molecule has 9 heteroatoms. The molecule has 0 unspecified atom stereocenters. The van der Waals surface area contributed by atoms with Gasteiger partial charge in [0.15, 0.2) is 0 Å². The quantitative estimate of drug-likeness (QED) is 0.345. The average molecular weight is 554 g/mol. The zero-order chi connectivity index (χ0) is 28.6. The number of aryl methyl sites for hydroxylation is 1. The van der Waals surface area contributed by atoms with Crippen molar-refractivity contribution < 1.29 is 22.4 Å². The first-order valence-electron chi connectivity index (χ1n) is 13.1. The SMILES string of the molecule is CCc1ccc(N(CC(=O)N(Cc2ccc(F)cc2)[C@H](CC)C(=O)NC(C)C)S(=O)(=O)c2ccccc2)cc1. The minimum Gasteiger partial charge on any atom is -0.352 e. The highest BCUT2D eigenvalue weighted by atomic mass is 32.2. The van der Waals surface area contributed by atoms with Crippen LogP contribution in [0.15, 0.2) is 83.8 Å². The third-order valence-corrected chi connectivity index (χ3v) is 8.11. The summed E-state index contributed by atoms with van der Waals surface area (Å²) in [5.41, 5.74) is 1.98. The normalized spacial score (nSPS) is 12.2. The molecule has 1 N–H and O–H groups in total. The molecule has 208 valence electrons. The molecule has 0 saturated heterocycles. The smallest absolute Gasteiger partial charge is 0.264 e. The second kappa shape index (κ2) is 13.4. The number of sulfonamides is 1. The topological polar surface area (TPSA) is 86.8 Å². The molecule has 39 heavy (non-hydrogen) atoms. The number of hydrogen-bond donors (Lipinski definition) is 1. The molecule has 0 aliphatic rings. The molecule has 0 fully saturated rings. The zero-order valence-electron chi connectivity index (χ0n) is 22.8. The van der Waals surface area contributed by atoms with Crippen LogP contribution in [0.1, 0.15) is 45.2 Å². The number of hydrogen-bond acceptors (Lipinski definition) is 4. The fraction of sp³-hybridized carbons (Fsp3) is 0.333. The molecule has 1 atom stereocenters. The molecular formula is C30H36FN3O4S. The summed E-state index contributed by atoms with van der Waals surface area (Å²) in [5.74, 6) is -1.31. The Hall–Kier alpha value is -3.72. The summed E-state index contributed by atoms with van der Waals surface area (Å²) >= 11 is 0. The maximum absolute atomic E-state index is 14.0. The lowest BCUT2D eigenvalue weighted by Gasteiger charge is -2.33. The first-order valence-corrected chi connectivity index (χ1v) is 14.5. The summed E-state index contributed by atoms with van der Waals surface area (Å²) in [6.45, 7) is 6.93. The molecule has 0 heterocycles. The van der Waals surface area contributed by atoms with E-state index in [1.54, 1.807) is 49.4 Å². The van der Waals surface area contributed by atoms with Crippen LogP contribution in [0.2, 0.25) is 0 Å². The predicted octanol–water partition coefficient (Wildman–Crippen LogP) is 4.92. The zero-order valence-corrected chi connectivity index (χ0v) is 23.6. The van der Waals surface area contributed by atoms with Crippen molar-refractivity contribution in [2.45, 2.75) is 64.1 Å². The van der Waals surface area contributed by atoms with Gasteiger partial charge in [-0.3, -0.25) is 13.9 Å². The minimum atomic E-state index is -4.12. The largest absolute Gasteiger partial charge is 0.352 e. The van der Waals surface area contributed by atoms with Crippen molar-refractivity contribution in [1.82, 2.24) is 10.2 Å². The van der Waals surface area contributed by atoms with Crippen molar-refractivity contribution in [3.63, 3.8) is 0 Å². The van der Waals surface area contributed by atoms with Crippen LogP contribution < -0.4 is 9.62 Å². The number of anilines is 1. The lowest BCUT2D eigenvalue weighted by atomic mass is 10.1. The van der Waals surface area contributed by atoms with Crippen molar-refractivity contribution in [2.24, 2.45) is 0 Å². The maximum Gasteiger partial charge on any atom is 0.264 e. The highest BCUT2D eigenvalue weighted by Gasteiger charge is 2.33. The van der Waals surface area contributed by atoms with E-state index in [0.717, 1.165) is 16.3 Å². The highest BCUT2D eigenvalue weighted by molar-refractivity contribution is 7.92. The van der Waals surface area contributed by atoms with Gasteiger partial charge in [0.2, 0.25) is 11.8 Å². The van der Waals surface area contributed by atoms with E-state index in [2.05, 4.69) is 5.32 Å². The summed E-state index contributed by atoms with van der Waals surface area (Å²) in [4.78, 5) is 28.5. The van der Waals surface area contributed by atoms with Crippen molar-refractivity contribution in [2.75, 3.05) is 10.8 Å². The first-order chi connectivity index (χ1) is 18.6. The van der Waals surface area contributed by atoms with E-state index in [4.69, 9.17) is 0 Å². The van der Waals surface area contributed by atoms with Crippen LogP contribution in [0.25, 0.3) is 0 Å². The van der Waals surface area contributed by atoms with Crippen LogP contribution in [0.5, 0.6) is 0 Å². The number of amides is 2. The highest BCUT2D eigenvalue weighted by Crippen LogP contribution is 2.25. The standard InChI is InChI=1S/C30H36FN3O4S/c1-5-23-14-18-26(19-15-23)34(39(37,38)27-10-8-7-9-11-27)21-29(35)33(20-24-12-16-25(31)17-13-24)28(6-2)30(36)32-22(3)4/h7-19,22,28H,5-6,20-21H2,1-4H3,(H,32,36)/t28-/m1/s1. The molecule has 0 aliphatic carbocycles. The van der Waals surface area contributed by atoms with E-state index >= 15 is 0 Å². The third kappa shape index (κ3) is 7.66. The molecule has 3 aromatic carbocycles. The summed E-state index contributed by atoms with van der Waals surface area (Å²) < 4.78 is 42.2. The second-order valence-corrected chi connectivity index (χ2v) is 11.4. The van der Waals surface area contributed by atoms with E-state index in [-0.39, 0.29) is 23.4 Å².